The molecule has 0 unspecified atom stereocenters. The molecule has 8 heteroatoms. The van der Waals surface area contributed by atoms with Gasteiger partial charge in [-0.1, -0.05) is 17.7 Å². The summed E-state index contributed by atoms with van der Waals surface area (Å²) >= 11 is 0. The van der Waals surface area contributed by atoms with E-state index in [0.717, 1.165) is 16.4 Å². The van der Waals surface area contributed by atoms with Gasteiger partial charge in [0.05, 0.1) is 17.4 Å². The monoisotopic (exact) mass is 312 g/mol. The molecule has 1 amide bonds. The Bertz CT molecular complexity index is 662. The molecule has 0 atom stereocenters. The summed E-state index contributed by atoms with van der Waals surface area (Å²) in [6, 6.07) is 6.37. The lowest BCUT2D eigenvalue weighted by atomic mass is 10.2. The average molecular weight is 312 g/mol. The summed E-state index contributed by atoms with van der Waals surface area (Å²) in [6.45, 7) is 2.05. The van der Waals surface area contributed by atoms with E-state index in [2.05, 4.69) is 10.4 Å². The van der Waals surface area contributed by atoms with Crippen molar-refractivity contribution >= 4 is 5.91 Å². The van der Waals surface area contributed by atoms with E-state index in [1.165, 1.54) is 12.1 Å². The molecule has 1 aromatic carbocycles. The third kappa shape index (κ3) is 3.28. The SMILES string of the molecule is Cc1ccc(-n2ncc(C(=O)NCCN)c2C(F)(F)F)cc1. The summed E-state index contributed by atoms with van der Waals surface area (Å²) < 4.78 is 40.7. The zero-order chi connectivity index (χ0) is 16.3. The van der Waals surface area contributed by atoms with Gasteiger partial charge in [0.2, 0.25) is 0 Å². The maximum absolute atomic E-state index is 13.3. The molecule has 1 aromatic heterocycles. The molecule has 3 N–H and O–H groups in total. The van der Waals surface area contributed by atoms with Gasteiger partial charge in [0.15, 0.2) is 5.69 Å². The Morgan fingerprint density at radius 2 is 1.95 bits per heavy atom. The molecule has 0 aliphatic carbocycles. The van der Waals surface area contributed by atoms with Gasteiger partial charge < -0.3 is 11.1 Å². The molecule has 2 rings (SSSR count). The van der Waals surface area contributed by atoms with Gasteiger partial charge in [0, 0.05) is 13.1 Å². The molecule has 1 heterocycles. The van der Waals surface area contributed by atoms with Crippen molar-refractivity contribution in [3.05, 3.63) is 47.3 Å². The maximum atomic E-state index is 13.3. The summed E-state index contributed by atoms with van der Waals surface area (Å²) in [7, 11) is 0. The summed E-state index contributed by atoms with van der Waals surface area (Å²) in [6.07, 6.45) is -3.80. The topological polar surface area (TPSA) is 72.9 Å². The van der Waals surface area contributed by atoms with Gasteiger partial charge in [-0.15, -0.1) is 0 Å². The third-order valence-electron chi connectivity index (χ3n) is 2.99. The van der Waals surface area contributed by atoms with Crippen LogP contribution in [0.25, 0.3) is 5.69 Å². The molecular weight excluding hydrogens is 297 g/mol. The lowest BCUT2D eigenvalue weighted by Gasteiger charge is -2.13. The first-order chi connectivity index (χ1) is 10.3. The van der Waals surface area contributed by atoms with Crippen molar-refractivity contribution in [2.45, 2.75) is 13.1 Å². The quantitative estimate of drug-likeness (QED) is 0.905. The molecule has 0 fully saturated rings. The Morgan fingerprint density at radius 1 is 1.32 bits per heavy atom. The highest BCUT2D eigenvalue weighted by molar-refractivity contribution is 5.95. The highest BCUT2D eigenvalue weighted by Crippen LogP contribution is 2.33. The Labute approximate surface area is 124 Å². The van der Waals surface area contributed by atoms with Crippen molar-refractivity contribution in [2.75, 3.05) is 13.1 Å². The van der Waals surface area contributed by atoms with Crippen LogP contribution in [0.15, 0.2) is 30.5 Å². The number of amides is 1. The van der Waals surface area contributed by atoms with E-state index in [-0.39, 0.29) is 18.8 Å². The van der Waals surface area contributed by atoms with E-state index in [4.69, 9.17) is 5.73 Å². The molecule has 2 aromatic rings. The van der Waals surface area contributed by atoms with Crippen molar-refractivity contribution in [3.63, 3.8) is 0 Å². The third-order valence-corrected chi connectivity index (χ3v) is 2.99. The highest BCUT2D eigenvalue weighted by atomic mass is 19.4. The number of hydrogen-bond donors (Lipinski definition) is 2. The van der Waals surface area contributed by atoms with E-state index >= 15 is 0 Å². The second-order valence-corrected chi connectivity index (χ2v) is 4.70. The Morgan fingerprint density at radius 3 is 2.50 bits per heavy atom. The molecule has 0 aliphatic heterocycles. The molecular formula is C14H15F3N4O. The minimum atomic E-state index is -4.71. The number of benzene rings is 1. The molecule has 118 valence electrons. The van der Waals surface area contributed by atoms with Gasteiger partial charge in [0.25, 0.3) is 5.91 Å². The first kappa shape index (κ1) is 16.0. The molecule has 5 nitrogen and oxygen atoms in total. The number of alkyl halides is 3. The van der Waals surface area contributed by atoms with Crippen LogP contribution in [0.2, 0.25) is 0 Å². The van der Waals surface area contributed by atoms with Crippen LogP contribution in [0, 0.1) is 6.92 Å². The first-order valence-electron chi connectivity index (χ1n) is 6.55. The van der Waals surface area contributed by atoms with Crippen LogP contribution in [0.5, 0.6) is 0 Å². The van der Waals surface area contributed by atoms with E-state index in [1.54, 1.807) is 12.1 Å². The number of nitrogens with zero attached hydrogens (tertiary/aromatic N) is 2. The Kier molecular flexibility index (Phi) is 4.51. The Balaban J connectivity index is 2.50. The maximum Gasteiger partial charge on any atom is 0.434 e. The van der Waals surface area contributed by atoms with Crippen LogP contribution in [-0.2, 0) is 6.18 Å². The minimum absolute atomic E-state index is 0.0891. The standard InChI is InChI=1S/C14H15F3N4O/c1-9-2-4-10(5-3-9)21-12(14(15,16)17)11(8-20-21)13(22)19-7-6-18/h2-5,8H,6-7,18H2,1H3,(H,19,22). The average Bonchev–Trinajstić information content (AvgIpc) is 2.90. The molecule has 0 spiro atoms. The van der Waals surface area contributed by atoms with Crippen LogP contribution < -0.4 is 11.1 Å². The van der Waals surface area contributed by atoms with Crippen LogP contribution in [0.3, 0.4) is 0 Å². The zero-order valence-electron chi connectivity index (χ0n) is 11.8. The van der Waals surface area contributed by atoms with Crippen molar-refractivity contribution in [3.8, 4) is 5.69 Å². The van der Waals surface area contributed by atoms with E-state index in [9.17, 15) is 18.0 Å². The molecule has 0 saturated heterocycles. The number of rotatable bonds is 4. The molecule has 0 radical (unpaired) electrons. The lowest BCUT2D eigenvalue weighted by Crippen LogP contribution is -2.30. The van der Waals surface area contributed by atoms with Gasteiger partial charge in [-0.2, -0.15) is 18.3 Å². The van der Waals surface area contributed by atoms with E-state index in [1.807, 2.05) is 6.92 Å². The van der Waals surface area contributed by atoms with Crippen LogP contribution in [-0.4, -0.2) is 28.8 Å². The van der Waals surface area contributed by atoms with Crippen LogP contribution in [0.4, 0.5) is 13.2 Å². The van der Waals surface area contributed by atoms with Gasteiger partial charge >= 0.3 is 6.18 Å². The second-order valence-electron chi connectivity index (χ2n) is 4.70. The zero-order valence-corrected chi connectivity index (χ0v) is 11.8. The van der Waals surface area contributed by atoms with Gasteiger partial charge in [0.1, 0.15) is 0 Å². The molecule has 0 aliphatic rings. The number of carbonyl (C=O) groups excluding carboxylic acids is 1. The number of hydrogen-bond acceptors (Lipinski definition) is 3. The van der Waals surface area contributed by atoms with Crippen molar-refractivity contribution < 1.29 is 18.0 Å². The first-order valence-corrected chi connectivity index (χ1v) is 6.55. The van der Waals surface area contributed by atoms with Crippen LogP contribution >= 0.6 is 0 Å². The fourth-order valence-electron chi connectivity index (χ4n) is 1.95. The number of halogens is 3. The lowest BCUT2D eigenvalue weighted by molar-refractivity contribution is -0.143. The normalized spacial score (nSPS) is 11.5. The molecule has 0 bridgehead atoms. The number of aromatic nitrogens is 2. The van der Waals surface area contributed by atoms with Crippen molar-refractivity contribution in [1.82, 2.24) is 15.1 Å². The van der Waals surface area contributed by atoms with Crippen molar-refractivity contribution in [1.29, 1.82) is 0 Å². The summed E-state index contributed by atoms with van der Waals surface area (Å²) in [4.78, 5) is 11.8. The van der Waals surface area contributed by atoms with E-state index < -0.39 is 23.3 Å². The second kappa shape index (κ2) is 6.18. The summed E-state index contributed by atoms with van der Waals surface area (Å²) in [5.41, 5.74) is 4.74. The largest absolute Gasteiger partial charge is 0.434 e. The Hall–Kier alpha value is -2.35. The van der Waals surface area contributed by atoms with Crippen molar-refractivity contribution in [2.24, 2.45) is 5.73 Å². The highest BCUT2D eigenvalue weighted by Gasteiger charge is 2.40. The number of aryl methyl sites for hydroxylation is 1. The summed E-state index contributed by atoms with van der Waals surface area (Å²) in [5, 5.41) is 6.03. The van der Waals surface area contributed by atoms with Crippen LogP contribution in [0.1, 0.15) is 21.6 Å². The minimum Gasteiger partial charge on any atom is -0.351 e. The predicted octanol–water partition coefficient (Wildman–Crippen LogP) is 1.89. The summed E-state index contributed by atoms with van der Waals surface area (Å²) in [5.74, 6) is -0.851. The van der Waals surface area contributed by atoms with E-state index in [0.29, 0.717) is 0 Å². The van der Waals surface area contributed by atoms with Gasteiger partial charge in [-0.3, -0.25) is 4.79 Å². The van der Waals surface area contributed by atoms with Gasteiger partial charge in [-0.05, 0) is 19.1 Å². The smallest absolute Gasteiger partial charge is 0.351 e. The molecule has 22 heavy (non-hydrogen) atoms. The fourth-order valence-corrected chi connectivity index (χ4v) is 1.95. The van der Waals surface area contributed by atoms with Gasteiger partial charge in [-0.25, -0.2) is 4.68 Å². The number of nitrogens with two attached hydrogens (primary N) is 1. The number of carbonyl (C=O) groups is 1. The fraction of sp³-hybridized carbons (Fsp3) is 0.286. The predicted molar refractivity (Wildman–Crippen MR) is 74.7 cm³/mol. The molecule has 0 saturated carbocycles. The number of nitrogens with one attached hydrogen (secondary N) is 1.